The van der Waals surface area contributed by atoms with Crippen LogP contribution in [0, 0.1) is 0 Å². The fourth-order valence-corrected chi connectivity index (χ4v) is 1.21. The molecule has 0 unspecified atom stereocenters. The Labute approximate surface area is 82.4 Å². The van der Waals surface area contributed by atoms with Gasteiger partial charge in [-0.15, -0.1) is 0 Å². The number of halogens is 1. The van der Waals surface area contributed by atoms with Crippen molar-refractivity contribution in [1.82, 2.24) is 0 Å². The fraction of sp³-hybridized carbons (Fsp3) is 0.300. The van der Waals surface area contributed by atoms with Gasteiger partial charge in [-0.25, -0.2) is 9.38 Å². The van der Waals surface area contributed by atoms with E-state index in [1.54, 1.807) is 6.08 Å². The average molecular weight is 195 g/mol. The van der Waals surface area contributed by atoms with E-state index in [4.69, 9.17) is 0 Å². The number of hydrogen-bond acceptors (Lipinski definition) is 2. The maximum absolute atomic E-state index is 12.9. The highest BCUT2D eigenvalue weighted by molar-refractivity contribution is 7.78. The summed E-state index contributed by atoms with van der Waals surface area (Å²) in [4.78, 5) is 3.82. The zero-order valence-electron chi connectivity index (χ0n) is 7.38. The number of thiocarbonyl (C=S) groups is 1. The van der Waals surface area contributed by atoms with Gasteiger partial charge in [-0.3, -0.25) is 0 Å². The molecular weight excluding hydrogens is 185 g/mol. The van der Waals surface area contributed by atoms with Gasteiger partial charge in [-0.1, -0.05) is 17.7 Å². The molecule has 0 fully saturated rings. The number of rotatable bonds is 2. The molecule has 1 nitrogen and oxygen atoms in total. The van der Waals surface area contributed by atoms with Crippen molar-refractivity contribution in [2.24, 2.45) is 4.99 Å². The Kier molecular flexibility index (Phi) is 3.74. The molecule has 0 saturated carbocycles. The third-order valence-electron chi connectivity index (χ3n) is 1.87. The van der Waals surface area contributed by atoms with E-state index in [9.17, 15) is 4.39 Å². The monoisotopic (exact) mass is 195 g/mol. The Bertz CT molecular complexity index is 333. The summed E-state index contributed by atoms with van der Waals surface area (Å²) in [6, 6.07) is 0. The number of nitrogens with zero attached hydrogens (tertiary/aromatic N) is 1. The molecule has 68 valence electrons. The van der Waals surface area contributed by atoms with E-state index < -0.39 is 0 Å². The second-order valence-corrected chi connectivity index (χ2v) is 3.05. The topological polar surface area (TPSA) is 12.4 Å². The molecule has 0 heterocycles. The molecule has 0 atom stereocenters. The number of allylic oxidation sites excluding steroid dienone is 4. The smallest absolute Gasteiger partial charge is 0.104 e. The van der Waals surface area contributed by atoms with Gasteiger partial charge in [0.1, 0.15) is 5.83 Å². The standard InChI is InChI=1S/C10H10FNS/c1-8-5-10(11)4-2-3-9(8)6-12-7-13/h2-4H,5-6H2,1H3. The van der Waals surface area contributed by atoms with Gasteiger partial charge in [-0.2, -0.15) is 0 Å². The normalized spacial score (nSPS) is 16.3. The predicted molar refractivity (Wildman–Crippen MR) is 55.5 cm³/mol. The van der Waals surface area contributed by atoms with Gasteiger partial charge in [0.05, 0.1) is 11.7 Å². The van der Waals surface area contributed by atoms with Crippen molar-refractivity contribution < 1.29 is 4.39 Å². The maximum atomic E-state index is 12.9. The number of hydrogen-bond donors (Lipinski definition) is 0. The summed E-state index contributed by atoms with van der Waals surface area (Å²) in [7, 11) is 0. The summed E-state index contributed by atoms with van der Waals surface area (Å²) < 4.78 is 12.9. The van der Waals surface area contributed by atoms with Crippen LogP contribution in [0.5, 0.6) is 0 Å². The van der Waals surface area contributed by atoms with Crippen molar-refractivity contribution in [3.05, 3.63) is 35.2 Å². The van der Waals surface area contributed by atoms with Crippen LogP contribution >= 0.6 is 12.2 Å². The Morgan fingerprint density at radius 1 is 1.69 bits per heavy atom. The third kappa shape index (κ3) is 3.05. The average Bonchev–Trinajstić information content (AvgIpc) is 2.24. The van der Waals surface area contributed by atoms with Gasteiger partial charge in [0.15, 0.2) is 0 Å². The van der Waals surface area contributed by atoms with Crippen molar-refractivity contribution in [2.75, 3.05) is 6.54 Å². The van der Waals surface area contributed by atoms with E-state index in [-0.39, 0.29) is 5.83 Å². The lowest BCUT2D eigenvalue weighted by Crippen LogP contribution is -1.89. The second-order valence-electron chi connectivity index (χ2n) is 2.86. The Morgan fingerprint density at radius 3 is 3.15 bits per heavy atom. The summed E-state index contributed by atoms with van der Waals surface area (Å²) in [5.74, 6) is -0.116. The maximum Gasteiger partial charge on any atom is 0.104 e. The molecule has 0 aromatic carbocycles. The molecule has 3 heteroatoms. The molecule has 1 aliphatic carbocycles. The zero-order chi connectivity index (χ0) is 9.68. The summed E-state index contributed by atoms with van der Waals surface area (Å²) in [5, 5.41) is 2.30. The van der Waals surface area contributed by atoms with Crippen LogP contribution in [0.1, 0.15) is 13.3 Å². The molecule has 0 amide bonds. The summed E-state index contributed by atoms with van der Waals surface area (Å²) >= 11 is 4.47. The molecule has 0 aromatic rings. The first kappa shape index (κ1) is 10.0. The summed E-state index contributed by atoms with van der Waals surface area (Å²) in [5.41, 5.74) is 2.01. The van der Waals surface area contributed by atoms with Crippen molar-refractivity contribution in [2.45, 2.75) is 13.3 Å². The second kappa shape index (κ2) is 4.85. The first-order valence-corrected chi connectivity index (χ1v) is 4.40. The highest BCUT2D eigenvalue weighted by Crippen LogP contribution is 2.20. The number of isothiocyanates is 1. The van der Waals surface area contributed by atoms with Crippen LogP contribution in [0.3, 0.4) is 0 Å². The molecule has 0 saturated heterocycles. The minimum atomic E-state index is -0.116. The Balaban J connectivity index is 2.84. The lowest BCUT2D eigenvalue weighted by atomic mass is 10.1. The molecule has 1 aliphatic rings. The largest absolute Gasteiger partial charge is 0.228 e. The summed E-state index contributed by atoms with van der Waals surface area (Å²) in [6.07, 6.45) is 5.39. The quantitative estimate of drug-likeness (QED) is 0.487. The Hall–Kier alpha value is -1.05. The first-order valence-electron chi connectivity index (χ1n) is 3.99. The molecule has 0 spiro atoms. The van der Waals surface area contributed by atoms with Gasteiger partial charge in [0.25, 0.3) is 0 Å². The lowest BCUT2D eigenvalue weighted by Gasteiger charge is -2.01. The highest BCUT2D eigenvalue weighted by atomic mass is 32.1. The van der Waals surface area contributed by atoms with Crippen LogP contribution in [-0.2, 0) is 0 Å². The van der Waals surface area contributed by atoms with Crippen LogP contribution in [0.2, 0.25) is 0 Å². The van der Waals surface area contributed by atoms with E-state index in [0.29, 0.717) is 13.0 Å². The van der Waals surface area contributed by atoms with Crippen molar-refractivity contribution >= 4 is 17.4 Å². The van der Waals surface area contributed by atoms with Crippen LogP contribution in [0.4, 0.5) is 4.39 Å². The van der Waals surface area contributed by atoms with E-state index in [1.807, 2.05) is 13.0 Å². The zero-order valence-corrected chi connectivity index (χ0v) is 8.20. The van der Waals surface area contributed by atoms with Crippen LogP contribution < -0.4 is 0 Å². The lowest BCUT2D eigenvalue weighted by molar-refractivity contribution is 0.611. The molecule has 0 aromatic heterocycles. The van der Waals surface area contributed by atoms with Crippen molar-refractivity contribution in [3.8, 4) is 0 Å². The van der Waals surface area contributed by atoms with E-state index in [1.165, 1.54) is 6.08 Å². The van der Waals surface area contributed by atoms with Crippen LogP contribution in [0.25, 0.3) is 0 Å². The molecule has 0 aliphatic heterocycles. The first-order chi connectivity index (χ1) is 6.24. The predicted octanol–water partition coefficient (Wildman–Crippen LogP) is 3.22. The van der Waals surface area contributed by atoms with E-state index >= 15 is 0 Å². The minimum Gasteiger partial charge on any atom is -0.228 e. The molecule has 0 N–H and O–H groups in total. The van der Waals surface area contributed by atoms with Gasteiger partial charge in [-0.05, 0) is 30.8 Å². The minimum absolute atomic E-state index is 0.116. The SMILES string of the molecule is CC1=C(CN=C=S)C=CC=C(F)C1. The van der Waals surface area contributed by atoms with E-state index in [0.717, 1.165) is 11.1 Å². The molecule has 1 rings (SSSR count). The Morgan fingerprint density at radius 2 is 2.46 bits per heavy atom. The van der Waals surface area contributed by atoms with E-state index in [2.05, 4.69) is 22.4 Å². The third-order valence-corrected chi connectivity index (χ3v) is 2.00. The van der Waals surface area contributed by atoms with Gasteiger partial charge in [0, 0.05) is 6.42 Å². The van der Waals surface area contributed by atoms with Gasteiger partial charge < -0.3 is 0 Å². The van der Waals surface area contributed by atoms with Gasteiger partial charge in [0.2, 0.25) is 0 Å². The molecular formula is C10H10FNS. The highest BCUT2D eigenvalue weighted by Gasteiger charge is 2.04. The fourth-order valence-electron chi connectivity index (χ4n) is 1.14. The molecule has 13 heavy (non-hydrogen) atoms. The van der Waals surface area contributed by atoms with Crippen LogP contribution in [0.15, 0.2) is 40.2 Å². The molecule has 0 radical (unpaired) electrons. The van der Waals surface area contributed by atoms with Crippen molar-refractivity contribution in [1.29, 1.82) is 0 Å². The molecule has 0 bridgehead atoms. The van der Waals surface area contributed by atoms with Crippen LogP contribution in [-0.4, -0.2) is 11.7 Å². The van der Waals surface area contributed by atoms with Gasteiger partial charge >= 0.3 is 0 Å². The number of aliphatic imine (C=N–C) groups is 1. The van der Waals surface area contributed by atoms with Crippen molar-refractivity contribution in [3.63, 3.8) is 0 Å². The summed E-state index contributed by atoms with van der Waals surface area (Å²) in [6.45, 7) is 2.39.